The summed E-state index contributed by atoms with van der Waals surface area (Å²) in [5.74, 6) is -0.769. The molecule has 2 aliphatic rings. The number of rotatable bonds is 7. The second kappa shape index (κ2) is 5.56. The van der Waals surface area contributed by atoms with Crippen LogP contribution in [0.5, 0.6) is 0 Å². The van der Waals surface area contributed by atoms with Gasteiger partial charge in [0, 0.05) is 30.6 Å². The first-order chi connectivity index (χ1) is 8.68. The summed E-state index contributed by atoms with van der Waals surface area (Å²) in [6.07, 6.45) is 3.72. The van der Waals surface area contributed by atoms with E-state index in [-0.39, 0.29) is 0 Å². The van der Waals surface area contributed by atoms with Gasteiger partial charge < -0.3 is 10.4 Å². The van der Waals surface area contributed by atoms with Gasteiger partial charge in [0.2, 0.25) is 0 Å². The lowest BCUT2D eigenvalue weighted by Crippen LogP contribution is -2.54. The lowest BCUT2D eigenvalue weighted by Gasteiger charge is -2.26. The van der Waals surface area contributed by atoms with Crippen LogP contribution < -0.4 is 5.32 Å². The van der Waals surface area contributed by atoms with Gasteiger partial charge in [-0.1, -0.05) is 5.11 Å². The molecule has 7 nitrogen and oxygen atoms in total. The molecule has 1 saturated carbocycles. The topological polar surface area (TPSA) is 101 Å². The first kappa shape index (κ1) is 13.1. The Labute approximate surface area is 106 Å². The highest BCUT2D eigenvalue weighted by atomic mass is 16.4. The van der Waals surface area contributed by atoms with Gasteiger partial charge in [-0.05, 0) is 37.8 Å². The Hall–Kier alpha value is -1.30. The Morgan fingerprint density at radius 2 is 2.39 bits per heavy atom. The van der Waals surface area contributed by atoms with Crippen molar-refractivity contribution in [1.82, 2.24) is 10.2 Å². The summed E-state index contributed by atoms with van der Waals surface area (Å²) < 4.78 is 0. The minimum atomic E-state index is -0.807. The summed E-state index contributed by atoms with van der Waals surface area (Å²) in [5.41, 5.74) is 7.35. The predicted octanol–water partition coefficient (Wildman–Crippen LogP) is 0.968. The average Bonchev–Trinajstić information content (AvgIpc) is 3.10. The molecule has 1 heterocycles. The molecule has 18 heavy (non-hydrogen) atoms. The Morgan fingerprint density at radius 1 is 1.61 bits per heavy atom. The number of hydrogen-bond donors (Lipinski definition) is 2. The second-order valence-electron chi connectivity index (χ2n) is 5.07. The SMILES string of the molecule is [N-]=[N+]=NCCCNC1(C(=O)O)CCN(C2CC2)C1. The predicted molar refractivity (Wildman–Crippen MR) is 66.2 cm³/mol. The molecule has 0 aromatic rings. The minimum absolute atomic E-state index is 0.408. The lowest BCUT2D eigenvalue weighted by molar-refractivity contribution is -0.144. The first-order valence-corrected chi connectivity index (χ1v) is 6.41. The van der Waals surface area contributed by atoms with E-state index in [0.29, 0.717) is 38.5 Å². The molecule has 1 aliphatic heterocycles. The van der Waals surface area contributed by atoms with Crippen LogP contribution in [0.25, 0.3) is 10.4 Å². The molecule has 0 aromatic carbocycles. The maximum absolute atomic E-state index is 11.5. The van der Waals surface area contributed by atoms with Crippen molar-refractivity contribution in [2.75, 3.05) is 26.2 Å². The highest BCUT2D eigenvalue weighted by Crippen LogP contribution is 2.33. The van der Waals surface area contributed by atoms with Crippen molar-refractivity contribution in [2.24, 2.45) is 5.11 Å². The average molecular weight is 253 g/mol. The van der Waals surface area contributed by atoms with Crippen LogP contribution in [0.15, 0.2) is 5.11 Å². The van der Waals surface area contributed by atoms with E-state index >= 15 is 0 Å². The maximum atomic E-state index is 11.5. The Morgan fingerprint density at radius 3 is 3.00 bits per heavy atom. The van der Waals surface area contributed by atoms with Gasteiger partial charge in [-0.3, -0.25) is 9.69 Å². The molecular formula is C11H19N5O2. The molecule has 0 aromatic heterocycles. The normalized spacial score (nSPS) is 28.0. The summed E-state index contributed by atoms with van der Waals surface area (Å²) in [6.45, 7) is 2.43. The number of likely N-dealkylation sites (tertiary alicyclic amines) is 1. The van der Waals surface area contributed by atoms with Crippen LogP contribution in [0.1, 0.15) is 25.7 Å². The summed E-state index contributed by atoms with van der Waals surface area (Å²) in [6, 6.07) is 0.608. The fraction of sp³-hybridized carbons (Fsp3) is 0.909. The van der Waals surface area contributed by atoms with Crippen molar-refractivity contribution in [3.63, 3.8) is 0 Å². The minimum Gasteiger partial charge on any atom is -0.480 e. The third-order valence-corrected chi connectivity index (χ3v) is 3.73. The van der Waals surface area contributed by atoms with Crippen LogP contribution >= 0.6 is 0 Å². The van der Waals surface area contributed by atoms with Gasteiger partial charge in [0.15, 0.2) is 0 Å². The zero-order chi connectivity index (χ0) is 13.0. The molecule has 2 N–H and O–H groups in total. The number of carboxylic acid groups (broad SMARTS) is 1. The summed E-state index contributed by atoms with van der Waals surface area (Å²) >= 11 is 0. The third kappa shape index (κ3) is 2.93. The zero-order valence-electron chi connectivity index (χ0n) is 10.4. The van der Waals surface area contributed by atoms with Crippen LogP contribution in [0.4, 0.5) is 0 Å². The summed E-state index contributed by atoms with van der Waals surface area (Å²) in [5, 5.41) is 16.0. The van der Waals surface area contributed by atoms with Crippen LogP contribution in [-0.4, -0.2) is 53.7 Å². The number of carbonyl (C=O) groups is 1. The molecule has 7 heteroatoms. The van der Waals surface area contributed by atoms with Crippen molar-refractivity contribution in [2.45, 2.75) is 37.3 Å². The van der Waals surface area contributed by atoms with E-state index in [1.165, 1.54) is 12.8 Å². The summed E-state index contributed by atoms with van der Waals surface area (Å²) in [7, 11) is 0. The van der Waals surface area contributed by atoms with E-state index in [0.717, 1.165) is 6.54 Å². The van der Waals surface area contributed by atoms with Gasteiger partial charge in [0.1, 0.15) is 5.54 Å². The first-order valence-electron chi connectivity index (χ1n) is 6.41. The second-order valence-corrected chi connectivity index (χ2v) is 5.07. The van der Waals surface area contributed by atoms with Gasteiger partial charge in [-0.15, -0.1) is 0 Å². The molecule has 0 amide bonds. The number of nitrogens with one attached hydrogen (secondary N) is 1. The fourth-order valence-corrected chi connectivity index (χ4v) is 2.51. The monoisotopic (exact) mass is 253 g/mol. The lowest BCUT2D eigenvalue weighted by atomic mass is 9.99. The molecule has 0 radical (unpaired) electrons. The van der Waals surface area contributed by atoms with E-state index in [2.05, 4.69) is 20.2 Å². The van der Waals surface area contributed by atoms with Crippen molar-refractivity contribution in [3.05, 3.63) is 10.4 Å². The van der Waals surface area contributed by atoms with Crippen molar-refractivity contribution in [1.29, 1.82) is 0 Å². The van der Waals surface area contributed by atoms with Crippen molar-refractivity contribution >= 4 is 5.97 Å². The number of hydrogen-bond acceptors (Lipinski definition) is 4. The van der Waals surface area contributed by atoms with E-state index in [4.69, 9.17) is 5.53 Å². The molecule has 0 bridgehead atoms. The van der Waals surface area contributed by atoms with E-state index < -0.39 is 11.5 Å². The molecule has 1 unspecified atom stereocenters. The van der Waals surface area contributed by atoms with Gasteiger partial charge in [0.25, 0.3) is 0 Å². The Kier molecular flexibility index (Phi) is 4.06. The standard InChI is InChI=1S/C11H19N5O2/c12-15-14-6-1-5-13-11(10(17)18)4-7-16(8-11)9-2-3-9/h9,13H,1-8H2,(H,17,18). The van der Waals surface area contributed by atoms with Crippen LogP contribution in [0.3, 0.4) is 0 Å². The van der Waals surface area contributed by atoms with Gasteiger partial charge in [-0.2, -0.15) is 0 Å². The van der Waals surface area contributed by atoms with E-state index in [1.807, 2.05) is 0 Å². The quantitative estimate of drug-likeness (QED) is 0.305. The van der Waals surface area contributed by atoms with Gasteiger partial charge in [0.05, 0.1) is 0 Å². The molecule has 1 aliphatic carbocycles. The number of carboxylic acids is 1. The van der Waals surface area contributed by atoms with Crippen LogP contribution in [0.2, 0.25) is 0 Å². The third-order valence-electron chi connectivity index (χ3n) is 3.73. The van der Waals surface area contributed by atoms with Gasteiger partial charge in [-0.25, -0.2) is 0 Å². The highest BCUT2D eigenvalue weighted by Gasteiger charge is 2.47. The van der Waals surface area contributed by atoms with Crippen LogP contribution in [0, 0.1) is 0 Å². The largest absolute Gasteiger partial charge is 0.480 e. The molecule has 0 spiro atoms. The van der Waals surface area contributed by atoms with Crippen molar-refractivity contribution in [3.8, 4) is 0 Å². The maximum Gasteiger partial charge on any atom is 0.325 e. The Balaban J connectivity index is 1.83. The molecule has 100 valence electrons. The molecule has 1 atom stereocenters. The molecule has 1 saturated heterocycles. The Bertz CT molecular complexity index is 364. The molecular weight excluding hydrogens is 234 g/mol. The smallest absolute Gasteiger partial charge is 0.325 e. The zero-order valence-corrected chi connectivity index (χ0v) is 10.4. The number of nitrogens with zero attached hydrogens (tertiary/aromatic N) is 4. The summed E-state index contributed by atoms with van der Waals surface area (Å²) in [4.78, 5) is 16.4. The van der Waals surface area contributed by atoms with Gasteiger partial charge >= 0.3 is 5.97 Å². The number of azide groups is 1. The number of aliphatic carboxylic acids is 1. The van der Waals surface area contributed by atoms with E-state index in [1.54, 1.807) is 0 Å². The van der Waals surface area contributed by atoms with E-state index in [9.17, 15) is 9.90 Å². The van der Waals surface area contributed by atoms with Crippen molar-refractivity contribution < 1.29 is 9.90 Å². The fourth-order valence-electron chi connectivity index (χ4n) is 2.51. The highest BCUT2D eigenvalue weighted by molar-refractivity contribution is 5.79. The molecule has 2 fully saturated rings. The molecule has 2 rings (SSSR count). The van der Waals surface area contributed by atoms with Crippen LogP contribution in [-0.2, 0) is 4.79 Å².